The Bertz CT molecular complexity index is 4040. The molecule has 0 unspecified atom stereocenters. The Morgan fingerprint density at radius 3 is 0.891 bits per heavy atom. The van der Waals surface area contributed by atoms with Crippen molar-refractivity contribution in [3.05, 3.63) is 178 Å². The molecule has 92 heavy (non-hydrogen) atoms. The molecule has 2 N–H and O–H groups in total. The van der Waals surface area contributed by atoms with Crippen LogP contribution in [0.25, 0.3) is 77.2 Å². The van der Waals surface area contributed by atoms with Crippen LogP contribution < -0.4 is 9.47 Å². The van der Waals surface area contributed by atoms with E-state index >= 15 is 8.78 Å². The average molecular weight is 1240 g/mol. The van der Waals surface area contributed by atoms with Crippen molar-refractivity contribution in [2.24, 2.45) is 16.7 Å². The minimum absolute atomic E-state index is 0.00865. The van der Waals surface area contributed by atoms with Crippen LogP contribution in [0, 0.1) is 28.4 Å². The van der Waals surface area contributed by atoms with Crippen LogP contribution >= 0.6 is 0 Å². The summed E-state index contributed by atoms with van der Waals surface area (Å²) in [5, 5.41) is 30.5. The van der Waals surface area contributed by atoms with Gasteiger partial charge in [0.15, 0.2) is 0 Å². The maximum absolute atomic E-state index is 16.0. The highest BCUT2D eigenvalue weighted by molar-refractivity contribution is 6.11. The van der Waals surface area contributed by atoms with E-state index in [1.54, 1.807) is 12.1 Å². The second-order valence-corrected chi connectivity index (χ2v) is 34.6. The van der Waals surface area contributed by atoms with Crippen molar-refractivity contribution >= 4 is 43.6 Å². The van der Waals surface area contributed by atoms with Gasteiger partial charge in [0.05, 0.1) is 46.7 Å². The molecule has 8 heteroatoms. The first kappa shape index (κ1) is 67.3. The number of phenolic OH excluding ortho intramolecular Hbond substituents is 2. The number of aromatic nitrogens is 2. The summed E-state index contributed by atoms with van der Waals surface area (Å²) in [6.07, 6.45) is 1.67. The number of fused-ring (bicyclic) bond motifs is 6. The minimum atomic E-state index is -0.464. The average Bonchev–Trinajstić information content (AvgIpc) is 1.55. The molecule has 0 aliphatic rings. The molecule has 0 bridgehead atoms. The third kappa shape index (κ3) is 13.6. The van der Waals surface area contributed by atoms with Crippen molar-refractivity contribution in [3.8, 4) is 56.6 Å². The molecule has 0 fully saturated rings. The summed E-state index contributed by atoms with van der Waals surface area (Å²) in [5.41, 5.74) is 12.4. The van der Waals surface area contributed by atoms with E-state index in [4.69, 9.17) is 9.47 Å². The molecule has 6 nitrogen and oxygen atoms in total. The van der Waals surface area contributed by atoms with Crippen molar-refractivity contribution in [2.45, 2.75) is 205 Å². The predicted molar refractivity (Wildman–Crippen MR) is 385 cm³/mol. The van der Waals surface area contributed by atoms with E-state index in [-0.39, 0.29) is 74.0 Å². The normalized spacial score (nSPS) is 13.4. The standard InChI is InChI=1S/C84H102F2N2O4/c1-50(46-91-73-34-28-57(85)44-63(73)65-40-55(83(20,21)48-77(2,3)4)42-71(75(65)89)87-67-30-24-51(79(8,9)10)36-59(67)60-37-52(80(11,12)13)25-31-68(60)87)47-92-74-35-29-58(86)45-64(74)66-41-56(84(22,23)49-78(5,6)7)43-72(76(66)90)88-69-32-26-53(81(14,15)16)38-61(69)62-39-54(82(17,18)19)27-33-70(62)88/h24-45,50,89-90H,46-49H2,1-23H3. The minimum Gasteiger partial charge on any atom is -0.505 e. The maximum Gasteiger partial charge on any atom is 0.147 e. The quantitative estimate of drug-likeness (QED) is 0.114. The Labute approximate surface area is 548 Å². The van der Waals surface area contributed by atoms with Crippen molar-refractivity contribution < 1.29 is 28.5 Å². The fraction of sp³-hybridized carbons (Fsp3) is 0.429. The third-order valence-corrected chi connectivity index (χ3v) is 18.7. The zero-order chi connectivity index (χ0) is 67.5. The molecule has 8 aromatic carbocycles. The van der Waals surface area contributed by atoms with Gasteiger partial charge >= 0.3 is 0 Å². The predicted octanol–water partition coefficient (Wildman–Crippen LogP) is 23.6. The number of nitrogens with zero attached hydrogens (tertiary/aromatic N) is 2. The number of halogens is 2. The molecule has 0 amide bonds. The number of hydrogen-bond acceptors (Lipinski definition) is 4. The van der Waals surface area contributed by atoms with Crippen LogP contribution in [0.15, 0.2) is 133 Å². The number of aromatic hydroxyl groups is 2. The van der Waals surface area contributed by atoms with Crippen LogP contribution in [-0.2, 0) is 32.5 Å². The van der Waals surface area contributed by atoms with E-state index in [0.29, 0.717) is 45.1 Å². The first-order valence-corrected chi connectivity index (χ1v) is 33.2. The van der Waals surface area contributed by atoms with Crippen LogP contribution in [0.3, 0.4) is 0 Å². The fourth-order valence-electron chi connectivity index (χ4n) is 14.2. The van der Waals surface area contributed by atoms with E-state index in [0.717, 1.165) is 67.6 Å². The molecule has 0 aliphatic heterocycles. The summed E-state index contributed by atoms with van der Waals surface area (Å²) < 4.78 is 50.0. The summed E-state index contributed by atoms with van der Waals surface area (Å²) in [6, 6.07) is 44.0. The fourth-order valence-corrected chi connectivity index (χ4v) is 14.2. The second kappa shape index (κ2) is 23.5. The number of ether oxygens (including phenoxy) is 2. The highest BCUT2D eigenvalue weighted by Crippen LogP contribution is 2.51. The van der Waals surface area contributed by atoms with Crippen LogP contribution in [0.1, 0.15) is 205 Å². The van der Waals surface area contributed by atoms with Gasteiger partial charge in [-0.05, 0) is 199 Å². The van der Waals surface area contributed by atoms with Gasteiger partial charge in [-0.15, -0.1) is 0 Å². The highest BCUT2D eigenvalue weighted by Gasteiger charge is 2.34. The lowest BCUT2D eigenvalue weighted by molar-refractivity contribution is 0.189. The molecular formula is C84H102F2N2O4. The van der Waals surface area contributed by atoms with E-state index < -0.39 is 11.6 Å². The summed E-state index contributed by atoms with van der Waals surface area (Å²) in [4.78, 5) is 0. The molecule has 0 saturated carbocycles. The monoisotopic (exact) mass is 1240 g/mol. The van der Waals surface area contributed by atoms with Gasteiger partial charge in [0.25, 0.3) is 0 Å². The molecular weight excluding hydrogens is 1140 g/mol. The molecule has 0 saturated heterocycles. The van der Waals surface area contributed by atoms with Gasteiger partial charge in [-0.3, -0.25) is 0 Å². The van der Waals surface area contributed by atoms with Gasteiger partial charge in [-0.1, -0.05) is 184 Å². The third-order valence-electron chi connectivity index (χ3n) is 18.7. The summed E-state index contributed by atoms with van der Waals surface area (Å²) in [6.45, 7) is 51.5. The van der Waals surface area contributed by atoms with Crippen molar-refractivity contribution in [1.29, 1.82) is 0 Å². The highest BCUT2D eigenvalue weighted by atomic mass is 19.1. The first-order chi connectivity index (χ1) is 42.4. The Kier molecular flexibility index (Phi) is 17.2. The molecule has 486 valence electrons. The molecule has 10 rings (SSSR count). The van der Waals surface area contributed by atoms with Gasteiger partial charge in [0.1, 0.15) is 34.6 Å². The van der Waals surface area contributed by atoms with E-state index in [9.17, 15) is 10.2 Å². The summed E-state index contributed by atoms with van der Waals surface area (Å²) in [7, 11) is 0. The van der Waals surface area contributed by atoms with Crippen molar-refractivity contribution in [1.82, 2.24) is 9.13 Å². The lowest BCUT2D eigenvalue weighted by Gasteiger charge is -2.34. The SMILES string of the molecule is CC(COc1ccc(F)cc1-c1cc(C(C)(C)CC(C)(C)C)cc(-n2c3ccc(C(C)(C)C)cc3c3cc(C(C)(C)C)ccc32)c1O)COc1ccc(F)cc1-c1cc(C(C)(C)CC(C)(C)C)cc(-n2c3ccc(C(C)(C)C)cc3c3cc(C(C)(C)C)ccc32)c1O. The Morgan fingerprint density at radius 1 is 0.348 bits per heavy atom. The topological polar surface area (TPSA) is 68.8 Å². The summed E-state index contributed by atoms with van der Waals surface area (Å²) >= 11 is 0. The largest absolute Gasteiger partial charge is 0.505 e. The first-order valence-electron chi connectivity index (χ1n) is 33.2. The molecule has 0 radical (unpaired) electrons. The van der Waals surface area contributed by atoms with Crippen LogP contribution in [0.2, 0.25) is 0 Å². The van der Waals surface area contributed by atoms with E-state index in [2.05, 4.69) is 246 Å². The lowest BCUT2D eigenvalue weighted by atomic mass is 9.71. The smallest absolute Gasteiger partial charge is 0.147 e. The molecule has 0 spiro atoms. The zero-order valence-electron chi connectivity index (χ0n) is 59.5. The molecule has 0 aliphatic carbocycles. The summed E-state index contributed by atoms with van der Waals surface area (Å²) in [5.74, 6) is -0.357. The van der Waals surface area contributed by atoms with Crippen molar-refractivity contribution in [3.63, 3.8) is 0 Å². The maximum atomic E-state index is 16.0. The molecule has 2 aromatic heterocycles. The Morgan fingerprint density at radius 2 is 0.630 bits per heavy atom. The van der Waals surface area contributed by atoms with Crippen LogP contribution in [0.4, 0.5) is 8.78 Å². The number of rotatable bonds is 14. The Balaban J connectivity index is 1.05. The van der Waals surface area contributed by atoms with Crippen LogP contribution in [-0.4, -0.2) is 32.6 Å². The van der Waals surface area contributed by atoms with Gasteiger partial charge in [-0.2, -0.15) is 0 Å². The Hall–Kier alpha value is -7.58. The van der Waals surface area contributed by atoms with E-state index in [1.165, 1.54) is 46.5 Å². The van der Waals surface area contributed by atoms with Gasteiger partial charge in [-0.25, -0.2) is 8.78 Å². The zero-order valence-corrected chi connectivity index (χ0v) is 59.5. The number of benzene rings is 8. The van der Waals surface area contributed by atoms with E-state index in [1.807, 2.05) is 19.1 Å². The van der Waals surface area contributed by atoms with Gasteiger partial charge in [0, 0.05) is 49.7 Å². The van der Waals surface area contributed by atoms with Crippen LogP contribution in [0.5, 0.6) is 23.0 Å². The lowest BCUT2D eigenvalue weighted by Crippen LogP contribution is -2.25. The van der Waals surface area contributed by atoms with Gasteiger partial charge < -0.3 is 28.8 Å². The molecule has 0 atom stereocenters. The molecule has 2 heterocycles. The molecule has 10 aromatic rings. The number of hydrogen-bond donors (Lipinski definition) is 2. The number of phenols is 2. The second-order valence-electron chi connectivity index (χ2n) is 34.6. The van der Waals surface area contributed by atoms with Gasteiger partial charge in [0.2, 0.25) is 0 Å². The van der Waals surface area contributed by atoms with Crippen molar-refractivity contribution in [2.75, 3.05) is 13.2 Å².